The van der Waals surface area contributed by atoms with E-state index in [2.05, 4.69) is 21.2 Å². The first-order valence-corrected chi connectivity index (χ1v) is 8.42. The smallest absolute Gasteiger partial charge is 0.255 e. The molecule has 0 radical (unpaired) electrons. The van der Waals surface area contributed by atoms with E-state index >= 15 is 0 Å². The fourth-order valence-electron chi connectivity index (χ4n) is 1.64. The van der Waals surface area contributed by atoms with Gasteiger partial charge in [-0.3, -0.25) is 4.79 Å². The van der Waals surface area contributed by atoms with E-state index in [1.807, 2.05) is 6.07 Å². The molecule has 0 aliphatic carbocycles. The molecule has 0 spiro atoms. The number of halogens is 1. The van der Waals surface area contributed by atoms with Crippen molar-refractivity contribution in [2.45, 2.75) is 4.90 Å². The summed E-state index contributed by atoms with van der Waals surface area (Å²) in [7, 11) is -3.33. The van der Waals surface area contributed by atoms with Crippen LogP contribution in [0.1, 0.15) is 10.4 Å². The van der Waals surface area contributed by atoms with Gasteiger partial charge in [-0.15, -0.1) is 0 Å². The Bertz CT molecular complexity index is 757. The molecule has 4 nitrogen and oxygen atoms in total. The van der Waals surface area contributed by atoms with Crippen molar-refractivity contribution in [2.75, 3.05) is 11.6 Å². The molecule has 2 aromatic rings. The SMILES string of the molecule is CS(=O)(=O)c1cccc(C(=O)Nc2cccc(Br)c2)c1. The lowest BCUT2D eigenvalue weighted by Crippen LogP contribution is -2.12. The summed E-state index contributed by atoms with van der Waals surface area (Å²) >= 11 is 3.32. The molecule has 0 fully saturated rings. The second-order valence-electron chi connectivity index (χ2n) is 4.26. The fraction of sp³-hybridized carbons (Fsp3) is 0.0714. The minimum Gasteiger partial charge on any atom is -0.322 e. The number of carbonyl (C=O) groups excluding carboxylic acids is 1. The molecule has 0 saturated heterocycles. The van der Waals surface area contributed by atoms with Gasteiger partial charge in [0, 0.05) is 22.0 Å². The van der Waals surface area contributed by atoms with Crippen molar-refractivity contribution in [3.05, 3.63) is 58.6 Å². The minimum atomic E-state index is -3.33. The summed E-state index contributed by atoms with van der Waals surface area (Å²) in [4.78, 5) is 12.2. The van der Waals surface area contributed by atoms with E-state index in [0.29, 0.717) is 11.3 Å². The van der Waals surface area contributed by atoms with Gasteiger partial charge in [0.15, 0.2) is 9.84 Å². The molecule has 0 atom stereocenters. The van der Waals surface area contributed by atoms with Crippen molar-refractivity contribution < 1.29 is 13.2 Å². The van der Waals surface area contributed by atoms with Gasteiger partial charge < -0.3 is 5.32 Å². The van der Waals surface area contributed by atoms with Crippen LogP contribution in [0.2, 0.25) is 0 Å². The topological polar surface area (TPSA) is 63.2 Å². The number of hydrogen-bond acceptors (Lipinski definition) is 3. The molecule has 0 bridgehead atoms. The zero-order chi connectivity index (χ0) is 14.8. The van der Waals surface area contributed by atoms with Crippen molar-refractivity contribution in [3.8, 4) is 0 Å². The number of carbonyl (C=O) groups is 1. The molecule has 20 heavy (non-hydrogen) atoms. The van der Waals surface area contributed by atoms with Crippen molar-refractivity contribution in [1.29, 1.82) is 0 Å². The average Bonchev–Trinajstić information content (AvgIpc) is 2.38. The van der Waals surface area contributed by atoms with Crippen molar-refractivity contribution >= 4 is 37.4 Å². The van der Waals surface area contributed by atoms with Gasteiger partial charge in [0.25, 0.3) is 5.91 Å². The largest absolute Gasteiger partial charge is 0.322 e. The number of rotatable bonds is 3. The normalized spacial score (nSPS) is 11.1. The van der Waals surface area contributed by atoms with Crippen molar-refractivity contribution in [1.82, 2.24) is 0 Å². The molecule has 0 unspecified atom stereocenters. The highest BCUT2D eigenvalue weighted by atomic mass is 79.9. The summed E-state index contributed by atoms with van der Waals surface area (Å²) < 4.78 is 23.8. The standard InChI is InChI=1S/C14H12BrNO3S/c1-20(18,19)13-7-2-4-10(8-13)14(17)16-12-6-3-5-11(15)9-12/h2-9H,1H3,(H,16,17). The maximum Gasteiger partial charge on any atom is 0.255 e. The van der Waals surface area contributed by atoms with E-state index < -0.39 is 9.84 Å². The van der Waals surface area contributed by atoms with Gasteiger partial charge in [-0.25, -0.2) is 8.42 Å². The molecule has 0 aliphatic rings. The third kappa shape index (κ3) is 3.68. The van der Waals surface area contributed by atoms with Crippen LogP contribution >= 0.6 is 15.9 Å². The summed E-state index contributed by atoms with van der Waals surface area (Å²) in [5.41, 5.74) is 0.932. The van der Waals surface area contributed by atoms with Crippen LogP contribution < -0.4 is 5.32 Å². The van der Waals surface area contributed by atoms with Crippen molar-refractivity contribution in [3.63, 3.8) is 0 Å². The van der Waals surface area contributed by atoms with E-state index in [1.165, 1.54) is 12.1 Å². The van der Waals surface area contributed by atoms with Crippen LogP contribution in [0.4, 0.5) is 5.69 Å². The summed E-state index contributed by atoms with van der Waals surface area (Å²) in [6.07, 6.45) is 1.11. The van der Waals surface area contributed by atoms with Crippen LogP contribution in [0.15, 0.2) is 57.9 Å². The van der Waals surface area contributed by atoms with E-state index in [0.717, 1.165) is 10.7 Å². The van der Waals surface area contributed by atoms with Crippen LogP contribution in [0.25, 0.3) is 0 Å². The van der Waals surface area contributed by atoms with Crippen LogP contribution in [0.3, 0.4) is 0 Å². The zero-order valence-corrected chi connectivity index (χ0v) is 13.0. The number of amides is 1. The predicted octanol–water partition coefficient (Wildman–Crippen LogP) is 3.10. The van der Waals surface area contributed by atoms with Gasteiger partial charge in [0.1, 0.15) is 0 Å². The zero-order valence-electron chi connectivity index (χ0n) is 10.6. The molecule has 0 saturated carbocycles. The van der Waals surface area contributed by atoms with Gasteiger partial charge >= 0.3 is 0 Å². The number of anilines is 1. The van der Waals surface area contributed by atoms with Crippen LogP contribution in [-0.2, 0) is 9.84 Å². The van der Waals surface area contributed by atoms with E-state index in [-0.39, 0.29) is 10.8 Å². The van der Waals surface area contributed by atoms with Gasteiger partial charge in [-0.1, -0.05) is 28.1 Å². The van der Waals surface area contributed by atoms with E-state index in [9.17, 15) is 13.2 Å². The molecule has 1 amide bonds. The third-order valence-corrected chi connectivity index (χ3v) is 4.21. The Morgan fingerprint density at radius 3 is 2.45 bits per heavy atom. The maximum absolute atomic E-state index is 12.1. The molecular weight excluding hydrogens is 342 g/mol. The first kappa shape index (κ1) is 14.7. The van der Waals surface area contributed by atoms with E-state index in [4.69, 9.17) is 0 Å². The number of hydrogen-bond donors (Lipinski definition) is 1. The number of benzene rings is 2. The Balaban J connectivity index is 2.26. The highest BCUT2D eigenvalue weighted by Crippen LogP contribution is 2.17. The van der Waals surface area contributed by atoms with Gasteiger partial charge in [0.05, 0.1) is 4.90 Å². The quantitative estimate of drug-likeness (QED) is 0.921. The summed E-state index contributed by atoms with van der Waals surface area (Å²) in [5, 5.41) is 2.71. The van der Waals surface area contributed by atoms with Crippen LogP contribution in [-0.4, -0.2) is 20.6 Å². The first-order chi connectivity index (χ1) is 9.36. The monoisotopic (exact) mass is 353 g/mol. The molecular formula is C14H12BrNO3S. The highest BCUT2D eigenvalue weighted by Gasteiger charge is 2.11. The van der Waals surface area contributed by atoms with Crippen LogP contribution in [0.5, 0.6) is 0 Å². The molecule has 0 aromatic heterocycles. The highest BCUT2D eigenvalue weighted by molar-refractivity contribution is 9.10. The number of sulfone groups is 1. The number of nitrogens with one attached hydrogen (secondary N) is 1. The predicted molar refractivity (Wildman–Crippen MR) is 81.6 cm³/mol. The summed E-state index contributed by atoms with van der Waals surface area (Å²) in [6, 6.07) is 13.1. The van der Waals surface area contributed by atoms with Gasteiger partial charge in [-0.05, 0) is 36.4 Å². The molecule has 2 rings (SSSR count). The Kier molecular flexibility index (Phi) is 4.25. The van der Waals surface area contributed by atoms with Crippen molar-refractivity contribution in [2.24, 2.45) is 0 Å². The summed E-state index contributed by atoms with van der Waals surface area (Å²) in [6.45, 7) is 0. The second kappa shape index (κ2) is 5.76. The van der Waals surface area contributed by atoms with Gasteiger partial charge in [-0.2, -0.15) is 0 Å². The third-order valence-electron chi connectivity index (χ3n) is 2.61. The molecule has 1 N–H and O–H groups in total. The first-order valence-electron chi connectivity index (χ1n) is 5.73. The van der Waals surface area contributed by atoms with Gasteiger partial charge in [0.2, 0.25) is 0 Å². The molecule has 0 aliphatic heterocycles. The molecule has 104 valence electrons. The summed E-state index contributed by atoms with van der Waals surface area (Å²) in [5.74, 6) is -0.353. The maximum atomic E-state index is 12.1. The fourth-order valence-corrected chi connectivity index (χ4v) is 2.70. The average molecular weight is 354 g/mol. The Morgan fingerprint density at radius 2 is 1.80 bits per heavy atom. The Morgan fingerprint density at radius 1 is 1.10 bits per heavy atom. The Labute approximate surface area is 125 Å². The second-order valence-corrected chi connectivity index (χ2v) is 7.20. The molecule has 6 heteroatoms. The van der Waals surface area contributed by atoms with E-state index in [1.54, 1.807) is 30.3 Å². The lowest BCUT2D eigenvalue weighted by atomic mass is 10.2. The molecule has 0 heterocycles. The molecule has 2 aromatic carbocycles. The Hall–Kier alpha value is -1.66. The lowest BCUT2D eigenvalue weighted by molar-refractivity contribution is 0.102. The van der Waals surface area contributed by atoms with Crippen LogP contribution in [0, 0.1) is 0 Å². The lowest BCUT2D eigenvalue weighted by Gasteiger charge is -2.06. The minimum absolute atomic E-state index is 0.124.